The molecule has 0 aromatic heterocycles. The quantitative estimate of drug-likeness (QED) is 0.325. The number of hydrogen-bond donors (Lipinski definition) is 0. The van der Waals surface area contributed by atoms with Gasteiger partial charge in [0.1, 0.15) is 6.61 Å². The van der Waals surface area contributed by atoms with E-state index in [9.17, 15) is 14.4 Å². The lowest BCUT2D eigenvalue weighted by molar-refractivity contribution is -0.151. The lowest BCUT2D eigenvalue weighted by Crippen LogP contribution is -2.44. The number of esters is 2. The molecule has 0 bridgehead atoms. The van der Waals surface area contributed by atoms with Crippen LogP contribution in [-0.2, 0) is 28.6 Å². The number of allylic oxidation sites excluding steroid dienone is 1. The highest BCUT2D eigenvalue weighted by molar-refractivity contribution is 8.16. The SMILES string of the molecule is CCOC(=O)C1CCCN(C(=O)CC2=CSC3=NC(C)=C(C(=O)OCCOC)C(c4ccccc4Cl)N23)C1. The third-order valence-corrected chi connectivity index (χ3v) is 7.90. The van der Waals surface area contributed by atoms with Crippen LogP contribution in [-0.4, -0.2) is 72.8 Å². The van der Waals surface area contributed by atoms with Crippen LogP contribution in [0.5, 0.6) is 0 Å². The third kappa shape index (κ3) is 6.08. The molecule has 4 rings (SSSR count). The normalized spacial score (nSPS) is 21.1. The van der Waals surface area contributed by atoms with E-state index in [2.05, 4.69) is 4.99 Å². The van der Waals surface area contributed by atoms with Crippen molar-refractivity contribution in [3.05, 3.63) is 57.2 Å². The van der Waals surface area contributed by atoms with E-state index in [4.69, 9.17) is 25.8 Å². The van der Waals surface area contributed by atoms with Gasteiger partial charge < -0.3 is 24.0 Å². The van der Waals surface area contributed by atoms with E-state index in [-0.39, 0.29) is 37.4 Å². The molecule has 0 spiro atoms. The molecular formula is C27H32ClN3O6S. The number of halogens is 1. The molecule has 9 nitrogen and oxygen atoms in total. The number of carbonyl (C=O) groups is 3. The number of methoxy groups -OCH3 is 1. The maximum Gasteiger partial charge on any atom is 0.338 e. The number of amidine groups is 1. The zero-order valence-corrected chi connectivity index (χ0v) is 23.3. The topological polar surface area (TPSA) is 97.7 Å². The summed E-state index contributed by atoms with van der Waals surface area (Å²) < 4.78 is 15.7. The molecule has 1 amide bonds. The molecule has 3 heterocycles. The molecule has 38 heavy (non-hydrogen) atoms. The van der Waals surface area contributed by atoms with Gasteiger partial charge in [0.15, 0.2) is 5.17 Å². The fourth-order valence-corrected chi connectivity index (χ4v) is 6.04. The molecule has 2 unspecified atom stereocenters. The number of carbonyl (C=O) groups excluding carboxylic acids is 3. The van der Waals surface area contributed by atoms with Gasteiger partial charge in [-0.2, -0.15) is 0 Å². The van der Waals surface area contributed by atoms with Crippen molar-refractivity contribution in [3.63, 3.8) is 0 Å². The van der Waals surface area contributed by atoms with Crippen molar-refractivity contribution in [1.29, 1.82) is 0 Å². The largest absolute Gasteiger partial charge is 0.466 e. The molecule has 11 heteroatoms. The number of rotatable bonds is 9. The number of thioether (sulfide) groups is 1. The van der Waals surface area contributed by atoms with Crippen LogP contribution < -0.4 is 0 Å². The molecule has 3 aliphatic heterocycles. The first-order chi connectivity index (χ1) is 18.3. The van der Waals surface area contributed by atoms with E-state index < -0.39 is 12.0 Å². The molecule has 1 aromatic carbocycles. The summed E-state index contributed by atoms with van der Waals surface area (Å²) in [5, 5.41) is 3.04. The zero-order chi connectivity index (χ0) is 27.2. The Labute approximate surface area is 231 Å². The van der Waals surface area contributed by atoms with Crippen LogP contribution in [0.4, 0.5) is 0 Å². The number of hydrogen-bond acceptors (Lipinski definition) is 9. The summed E-state index contributed by atoms with van der Waals surface area (Å²) in [6.07, 6.45) is 1.53. The summed E-state index contributed by atoms with van der Waals surface area (Å²) in [5.74, 6) is -1.19. The second-order valence-electron chi connectivity index (χ2n) is 9.15. The summed E-state index contributed by atoms with van der Waals surface area (Å²) in [4.78, 5) is 47.3. The highest BCUT2D eigenvalue weighted by Gasteiger charge is 2.42. The Bertz CT molecular complexity index is 1180. The first-order valence-electron chi connectivity index (χ1n) is 12.6. The minimum absolute atomic E-state index is 0.0908. The number of nitrogens with zero attached hydrogens (tertiary/aromatic N) is 3. The van der Waals surface area contributed by atoms with Gasteiger partial charge in [0.25, 0.3) is 0 Å². The predicted octanol–water partition coefficient (Wildman–Crippen LogP) is 4.30. The number of aliphatic imine (C=N–C) groups is 1. The monoisotopic (exact) mass is 561 g/mol. The highest BCUT2D eigenvalue weighted by atomic mass is 35.5. The molecule has 0 N–H and O–H groups in total. The third-order valence-electron chi connectivity index (χ3n) is 6.67. The van der Waals surface area contributed by atoms with Crippen molar-refractivity contribution in [1.82, 2.24) is 9.80 Å². The molecule has 1 saturated heterocycles. The first-order valence-corrected chi connectivity index (χ1v) is 13.9. The van der Waals surface area contributed by atoms with Crippen LogP contribution >= 0.6 is 23.4 Å². The van der Waals surface area contributed by atoms with Crippen molar-refractivity contribution in [2.75, 3.05) is 40.0 Å². The van der Waals surface area contributed by atoms with Gasteiger partial charge in [0.2, 0.25) is 5.91 Å². The minimum atomic E-state index is -0.617. The maximum atomic E-state index is 13.4. The van der Waals surface area contributed by atoms with Gasteiger partial charge in [-0.05, 0) is 43.7 Å². The first kappa shape index (κ1) is 28.2. The van der Waals surface area contributed by atoms with Crippen molar-refractivity contribution >= 4 is 46.4 Å². The number of likely N-dealkylation sites (tertiary alicyclic amines) is 1. The second-order valence-corrected chi connectivity index (χ2v) is 10.4. The van der Waals surface area contributed by atoms with Crippen molar-refractivity contribution in [3.8, 4) is 0 Å². The molecule has 204 valence electrons. The predicted molar refractivity (Wildman–Crippen MR) is 145 cm³/mol. The van der Waals surface area contributed by atoms with Crippen LogP contribution in [0.25, 0.3) is 0 Å². The Morgan fingerprint density at radius 3 is 2.71 bits per heavy atom. The number of fused-ring (bicyclic) bond motifs is 1. The summed E-state index contributed by atoms with van der Waals surface area (Å²) in [6.45, 7) is 5.16. The minimum Gasteiger partial charge on any atom is -0.466 e. The molecule has 0 aliphatic carbocycles. The fraction of sp³-hybridized carbons (Fsp3) is 0.481. The molecule has 3 aliphatic rings. The van der Waals surface area contributed by atoms with Crippen LogP contribution in [0.15, 0.2) is 51.6 Å². The van der Waals surface area contributed by atoms with Crippen molar-refractivity contribution < 1.29 is 28.6 Å². The molecule has 1 aromatic rings. The highest BCUT2D eigenvalue weighted by Crippen LogP contribution is 2.46. The Hall–Kier alpha value is -2.82. The van der Waals surface area contributed by atoms with Gasteiger partial charge >= 0.3 is 11.9 Å². The van der Waals surface area contributed by atoms with E-state index in [1.54, 1.807) is 24.8 Å². The number of amides is 1. The van der Waals surface area contributed by atoms with Crippen LogP contribution in [0.3, 0.4) is 0 Å². The second kappa shape index (κ2) is 12.8. The van der Waals surface area contributed by atoms with Gasteiger partial charge in [0.05, 0.1) is 42.9 Å². The molecule has 0 radical (unpaired) electrons. The number of benzene rings is 1. The summed E-state index contributed by atoms with van der Waals surface area (Å²) in [7, 11) is 1.54. The van der Waals surface area contributed by atoms with E-state index >= 15 is 0 Å². The van der Waals surface area contributed by atoms with Gasteiger partial charge in [0, 0.05) is 30.9 Å². The van der Waals surface area contributed by atoms with Crippen molar-refractivity contribution in [2.45, 2.75) is 39.2 Å². The summed E-state index contributed by atoms with van der Waals surface area (Å²) >= 11 is 8.03. The average molecular weight is 562 g/mol. The molecule has 2 atom stereocenters. The van der Waals surface area contributed by atoms with E-state index in [0.29, 0.717) is 58.8 Å². The lowest BCUT2D eigenvalue weighted by Gasteiger charge is -2.37. The average Bonchev–Trinajstić information content (AvgIpc) is 3.30. The molecule has 1 fully saturated rings. The number of ether oxygens (including phenoxy) is 3. The van der Waals surface area contributed by atoms with E-state index in [1.807, 2.05) is 28.5 Å². The Morgan fingerprint density at radius 1 is 1.18 bits per heavy atom. The Kier molecular flexibility index (Phi) is 9.51. The van der Waals surface area contributed by atoms with E-state index in [1.165, 1.54) is 18.9 Å². The van der Waals surface area contributed by atoms with E-state index in [0.717, 1.165) is 6.42 Å². The smallest absolute Gasteiger partial charge is 0.338 e. The Balaban J connectivity index is 1.60. The molecule has 0 saturated carbocycles. The number of piperidine rings is 1. The summed E-state index contributed by atoms with van der Waals surface area (Å²) in [5.41, 5.74) is 2.31. The van der Waals surface area contributed by atoms with Gasteiger partial charge in [-0.1, -0.05) is 41.6 Å². The Morgan fingerprint density at radius 2 is 1.97 bits per heavy atom. The molecular weight excluding hydrogens is 530 g/mol. The zero-order valence-electron chi connectivity index (χ0n) is 21.8. The maximum absolute atomic E-state index is 13.4. The van der Waals surface area contributed by atoms with Crippen LogP contribution in [0, 0.1) is 5.92 Å². The van der Waals surface area contributed by atoms with Gasteiger partial charge in [-0.25, -0.2) is 9.79 Å². The summed E-state index contributed by atoms with van der Waals surface area (Å²) in [6, 6.07) is 6.70. The van der Waals surface area contributed by atoms with Crippen molar-refractivity contribution in [2.24, 2.45) is 10.9 Å². The lowest BCUT2D eigenvalue weighted by atomic mass is 9.93. The van der Waals surface area contributed by atoms with Crippen LogP contribution in [0.2, 0.25) is 5.02 Å². The fourth-order valence-electron chi connectivity index (χ4n) is 4.84. The standard InChI is InChI=1S/C27H32ClN3O6S/c1-4-36-25(33)18-8-7-11-30(15-18)22(32)14-19-16-38-27-29-17(2)23(26(34)37-13-12-35-3)24(31(19)27)20-9-5-6-10-21(20)28/h5-6,9-10,16,18,24H,4,7-8,11-15H2,1-3H3. The van der Waals surface area contributed by atoms with Gasteiger partial charge in [-0.15, -0.1) is 0 Å². The van der Waals surface area contributed by atoms with Crippen LogP contribution in [0.1, 0.15) is 44.7 Å². The van der Waals surface area contributed by atoms with Gasteiger partial charge in [-0.3, -0.25) is 9.59 Å².